The van der Waals surface area contributed by atoms with Crippen LogP contribution >= 0.6 is 0 Å². The first-order chi connectivity index (χ1) is 15.2. The highest BCUT2D eigenvalue weighted by Crippen LogP contribution is 2.11. The summed E-state index contributed by atoms with van der Waals surface area (Å²) in [4.78, 5) is 41.5. The Bertz CT molecular complexity index is 743. The smallest absolute Gasteiger partial charge is 0.317 e. The zero-order valence-electron chi connectivity index (χ0n) is 18.6. The number of carboxylic acid groups (broad SMARTS) is 3. The van der Waals surface area contributed by atoms with Crippen LogP contribution in [0.3, 0.4) is 0 Å². The van der Waals surface area contributed by atoms with E-state index in [-0.39, 0.29) is 19.6 Å². The summed E-state index contributed by atoms with van der Waals surface area (Å²) in [7, 11) is 0. The molecule has 178 valence electrons. The molecule has 32 heavy (non-hydrogen) atoms. The molecule has 0 amide bonds. The maximum absolute atomic E-state index is 11.3. The van der Waals surface area contributed by atoms with Crippen molar-refractivity contribution in [3.05, 3.63) is 35.4 Å². The molecule has 1 aromatic rings. The molecular formula is C22H34N4O6. The van der Waals surface area contributed by atoms with E-state index >= 15 is 0 Å². The molecule has 1 aliphatic rings. The molecule has 1 heterocycles. The zero-order valence-corrected chi connectivity index (χ0v) is 18.6. The maximum Gasteiger partial charge on any atom is 0.317 e. The molecule has 10 nitrogen and oxygen atoms in total. The van der Waals surface area contributed by atoms with Crippen molar-refractivity contribution in [2.45, 2.75) is 13.5 Å². The average molecular weight is 451 g/mol. The van der Waals surface area contributed by atoms with Gasteiger partial charge in [0.15, 0.2) is 0 Å². The van der Waals surface area contributed by atoms with Crippen molar-refractivity contribution in [1.82, 2.24) is 19.6 Å². The fraction of sp³-hybridized carbons (Fsp3) is 0.591. The lowest BCUT2D eigenvalue weighted by molar-refractivity contribution is -0.140. The Labute approximate surface area is 188 Å². The summed E-state index contributed by atoms with van der Waals surface area (Å²) in [6, 6.07) is 8.10. The highest BCUT2D eigenvalue weighted by molar-refractivity contribution is 5.69. The van der Waals surface area contributed by atoms with E-state index in [2.05, 4.69) is 24.0 Å². The minimum absolute atomic E-state index is 0.107. The Morgan fingerprint density at radius 3 is 1.34 bits per heavy atom. The molecular weight excluding hydrogens is 416 g/mol. The topological polar surface area (TPSA) is 125 Å². The van der Waals surface area contributed by atoms with Gasteiger partial charge >= 0.3 is 17.9 Å². The van der Waals surface area contributed by atoms with Crippen molar-refractivity contribution >= 4 is 17.9 Å². The monoisotopic (exact) mass is 450 g/mol. The van der Waals surface area contributed by atoms with Gasteiger partial charge in [0, 0.05) is 58.9 Å². The largest absolute Gasteiger partial charge is 0.480 e. The minimum Gasteiger partial charge on any atom is -0.480 e. The first kappa shape index (κ1) is 25.7. The normalized spacial score (nSPS) is 18.5. The molecule has 0 saturated carbocycles. The third-order valence-electron chi connectivity index (χ3n) is 5.66. The highest BCUT2D eigenvalue weighted by atomic mass is 16.4. The van der Waals surface area contributed by atoms with Crippen molar-refractivity contribution < 1.29 is 29.7 Å². The molecule has 0 radical (unpaired) electrons. The molecule has 1 saturated heterocycles. The van der Waals surface area contributed by atoms with E-state index in [1.165, 1.54) is 11.1 Å². The van der Waals surface area contributed by atoms with Gasteiger partial charge in [-0.25, -0.2) is 0 Å². The zero-order chi connectivity index (χ0) is 23.5. The average Bonchev–Trinajstić information content (AvgIpc) is 2.70. The molecule has 0 aromatic heterocycles. The number of rotatable bonds is 8. The van der Waals surface area contributed by atoms with Gasteiger partial charge in [0.05, 0.1) is 19.6 Å². The molecule has 0 unspecified atom stereocenters. The van der Waals surface area contributed by atoms with E-state index in [0.717, 1.165) is 0 Å². The molecule has 1 aromatic carbocycles. The summed E-state index contributed by atoms with van der Waals surface area (Å²) >= 11 is 0. The predicted molar refractivity (Wildman–Crippen MR) is 119 cm³/mol. The van der Waals surface area contributed by atoms with Gasteiger partial charge in [-0.15, -0.1) is 0 Å². The third kappa shape index (κ3) is 9.73. The molecule has 10 heteroatoms. The van der Waals surface area contributed by atoms with Crippen LogP contribution in [0.2, 0.25) is 0 Å². The maximum atomic E-state index is 11.3. The number of carboxylic acids is 3. The van der Waals surface area contributed by atoms with Gasteiger partial charge < -0.3 is 15.3 Å². The summed E-state index contributed by atoms with van der Waals surface area (Å²) in [5.74, 6) is -2.80. The summed E-state index contributed by atoms with van der Waals surface area (Å²) in [5, 5.41) is 27.8. The van der Waals surface area contributed by atoms with Gasteiger partial charge in [-0.1, -0.05) is 24.3 Å². The van der Waals surface area contributed by atoms with Crippen molar-refractivity contribution in [2.24, 2.45) is 0 Å². The third-order valence-corrected chi connectivity index (χ3v) is 5.66. The number of aliphatic carboxylic acids is 3. The lowest BCUT2D eigenvalue weighted by Crippen LogP contribution is -2.48. The lowest BCUT2D eigenvalue weighted by Gasteiger charge is -2.33. The van der Waals surface area contributed by atoms with Crippen molar-refractivity contribution in [2.75, 3.05) is 72.0 Å². The first-order valence-corrected chi connectivity index (χ1v) is 10.8. The van der Waals surface area contributed by atoms with Crippen LogP contribution in [0.4, 0.5) is 0 Å². The number of nitrogens with zero attached hydrogens (tertiary/aromatic N) is 4. The van der Waals surface area contributed by atoms with Crippen LogP contribution in [-0.2, 0) is 20.9 Å². The number of hydrogen-bond acceptors (Lipinski definition) is 7. The standard InChI is InChI=1S/C22H34N4O6/c1-18-4-2-3-5-19(18)14-23-6-8-24(15-20(27)28)10-12-26(17-22(31)32)13-11-25(9-7-23)16-21(29)30/h2-5H,6-17H2,1H3,(H,27,28)(H,29,30)(H,31,32). The van der Waals surface area contributed by atoms with Gasteiger partial charge in [0.1, 0.15) is 0 Å². The van der Waals surface area contributed by atoms with Crippen LogP contribution in [-0.4, -0.2) is 125 Å². The predicted octanol–water partition coefficient (Wildman–Crippen LogP) is -0.0296. The number of aryl methyl sites for hydroxylation is 1. The van der Waals surface area contributed by atoms with E-state index in [1.807, 2.05) is 21.9 Å². The Hall–Kier alpha value is -2.53. The van der Waals surface area contributed by atoms with Crippen molar-refractivity contribution in [1.29, 1.82) is 0 Å². The number of hydrogen-bond donors (Lipinski definition) is 3. The van der Waals surface area contributed by atoms with Gasteiger partial charge in [0.2, 0.25) is 0 Å². The molecule has 0 spiro atoms. The minimum atomic E-state index is -0.962. The molecule has 0 bridgehead atoms. The summed E-state index contributed by atoms with van der Waals surface area (Å²) in [5.41, 5.74) is 2.36. The van der Waals surface area contributed by atoms with Crippen LogP contribution in [0.5, 0.6) is 0 Å². The Balaban J connectivity index is 2.17. The second-order valence-electron chi connectivity index (χ2n) is 8.21. The van der Waals surface area contributed by atoms with Crippen LogP contribution in [0.25, 0.3) is 0 Å². The van der Waals surface area contributed by atoms with Gasteiger partial charge in [-0.05, 0) is 18.1 Å². The van der Waals surface area contributed by atoms with E-state index in [0.29, 0.717) is 58.9 Å². The quantitative estimate of drug-likeness (QED) is 0.497. The molecule has 2 rings (SSSR count). The van der Waals surface area contributed by atoms with E-state index in [9.17, 15) is 29.7 Å². The SMILES string of the molecule is Cc1ccccc1CN1CCN(CC(=O)O)CCN(CC(=O)O)CCN(CC(=O)O)CC1. The Morgan fingerprint density at radius 1 is 0.656 bits per heavy atom. The van der Waals surface area contributed by atoms with Crippen LogP contribution < -0.4 is 0 Å². The fourth-order valence-electron chi connectivity index (χ4n) is 3.81. The van der Waals surface area contributed by atoms with Crippen molar-refractivity contribution in [3.8, 4) is 0 Å². The molecule has 1 aliphatic heterocycles. The lowest BCUT2D eigenvalue weighted by atomic mass is 10.1. The first-order valence-electron chi connectivity index (χ1n) is 10.8. The number of carbonyl (C=O) groups is 3. The van der Waals surface area contributed by atoms with Gasteiger partial charge in [-0.2, -0.15) is 0 Å². The van der Waals surface area contributed by atoms with Crippen molar-refractivity contribution in [3.63, 3.8) is 0 Å². The molecule has 3 N–H and O–H groups in total. The van der Waals surface area contributed by atoms with Crippen LogP contribution in [0.1, 0.15) is 11.1 Å². The summed E-state index contributed by atoms with van der Waals surface area (Å²) in [6.45, 7) is 6.33. The fourth-order valence-corrected chi connectivity index (χ4v) is 3.81. The van der Waals surface area contributed by atoms with Crippen LogP contribution in [0.15, 0.2) is 24.3 Å². The van der Waals surface area contributed by atoms with E-state index in [4.69, 9.17) is 0 Å². The summed E-state index contributed by atoms with van der Waals surface area (Å²) in [6.07, 6.45) is 0. The molecule has 0 aliphatic carbocycles. The molecule has 1 fully saturated rings. The van der Waals surface area contributed by atoms with E-state index < -0.39 is 17.9 Å². The van der Waals surface area contributed by atoms with Gasteiger partial charge in [0.25, 0.3) is 0 Å². The Morgan fingerprint density at radius 2 is 1.00 bits per heavy atom. The second kappa shape index (κ2) is 13.1. The van der Waals surface area contributed by atoms with Gasteiger partial charge in [-0.3, -0.25) is 34.0 Å². The highest BCUT2D eigenvalue weighted by Gasteiger charge is 2.20. The second-order valence-corrected chi connectivity index (χ2v) is 8.21. The molecule has 0 atom stereocenters. The summed E-state index contributed by atoms with van der Waals surface area (Å²) < 4.78 is 0. The van der Waals surface area contributed by atoms with Crippen LogP contribution in [0, 0.1) is 6.92 Å². The number of benzene rings is 1. The Kier molecular flexibility index (Phi) is 10.5. The van der Waals surface area contributed by atoms with E-state index in [1.54, 1.807) is 4.90 Å².